The van der Waals surface area contributed by atoms with Crippen molar-refractivity contribution < 1.29 is 27.5 Å². The van der Waals surface area contributed by atoms with Gasteiger partial charge in [0.05, 0.1) is 17.4 Å². The number of ether oxygens (including phenoxy) is 1. The Bertz CT molecular complexity index is 1550. The molecule has 0 unspecified atom stereocenters. The molecular formula is C33H36F3N5O3. The standard InChI is InChI=1S/C33H36F3N5O3/c34-33(35,36)44-26-16-14-25(15-17-26)37-18-19-38-32(43)29(20-23-8-2-1-3-9-23)40-31(42)27-11-5-4-10-24(27)21-41-22-39-28-12-6-7-13-30(28)41/h4-7,10-17,22-23,29,37H,1-3,8-9,18-21H2,(H,38,43)(H,40,42)/t29-/m0/s1. The minimum atomic E-state index is -4.75. The van der Waals surface area contributed by atoms with Crippen molar-refractivity contribution in [2.75, 3.05) is 18.4 Å². The van der Waals surface area contributed by atoms with E-state index in [1.165, 1.54) is 30.7 Å². The average Bonchev–Trinajstić information content (AvgIpc) is 3.42. The van der Waals surface area contributed by atoms with Gasteiger partial charge in [0, 0.05) is 30.9 Å². The van der Waals surface area contributed by atoms with Crippen molar-refractivity contribution in [2.24, 2.45) is 5.92 Å². The number of carbonyl (C=O) groups is 2. The maximum Gasteiger partial charge on any atom is 0.573 e. The minimum absolute atomic E-state index is 0.265. The highest BCUT2D eigenvalue weighted by Gasteiger charge is 2.31. The number of amides is 2. The molecule has 11 heteroatoms. The molecule has 0 radical (unpaired) electrons. The molecule has 1 atom stereocenters. The summed E-state index contributed by atoms with van der Waals surface area (Å²) < 4.78 is 43.1. The summed E-state index contributed by atoms with van der Waals surface area (Å²) in [4.78, 5) is 31.5. The lowest BCUT2D eigenvalue weighted by atomic mass is 9.84. The van der Waals surface area contributed by atoms with Crippen molar-refractivity contribution in [3.05, 3.63) is 90.3 Å². The quantitative estimate of drug-likeness (QED) is 0.165. The van der Waals surface area contributed by atoms with Gasteiger partial charge in [0.25, 0.3) is 5.91 Å². The maximum absolute atomic E-state index is 13.6. The van der Waals surface area contributed by atoms with E-state index in [0.29, 0.717) is 36.7 Å². The summed E-state index contributed by atoms with van der Waals surface area (Å²) in [6.45, 7) is 1.07. The summed E-state index contributed by atoms with van der Waals surface area (Å²) in [5.74, 6) is -0.529. The number of hydrogen-bond donors (Lipinski definition) is 3. The fraction of sp³-hybridized carbons (Fsp3) is 0.364. The Kier molecular flexibility index (Phi) is 10.0. The van der Waals surface area contributed by atoms with Crippen molar-refractivity contribution in [1.29, 1.82) is 0 Å². The van der Waals surface area contributed by atoms with Crippen LogP contribution in [0.15, 0.2) is 79.1 Å². The zero-order valence-electron chi connectivity index (χ0n) is 24.3. The second-order valence-corrected chi connectivity index (χ2v) is 11.1. The topological polar surface area (TPSA) is 97.3 Å². The first kappa shape index (κ1) is 30.9. The van der Waals surface area contributed by atoms with Crippen molar-refractivity contribution in [3.8, 4) is 5.75 Å². The first-order chi connectivity index (χ1) is 21.2. The SMILES string of the molecule is O=C(N[C@@H](CC1CCCCC1)C(=O)NCCNc1ccc(OC(F)(F)F)cc1)c1ccccc1Cn1cnc2ccccc21. The maximum atomic E-state index is 13.6. The van der Waals surface area contributed by atoms with Crippen molar-refractivity contribution in [3.63, 3.8) is 0 Å². The molecule has 44 heavy (non-hydrogen) atoms. The molecule has 5 rings (SSSR count). The lowest BCUT2D eigenvalue weighted by Crippen LogP contribution is -2.48. The summed E-state index contributed by atoms with van der Waals surface area (Å²) in [6, 6.07) is 19.9. The molecule has 0 aliphatic heterocycles. The van der Waals surface area contributed by atoms with Gasteiger partial charge >= 0.3 is 6.36 Å². The predicted molar refractivity (Wildman–Crippen MR) is 162 cm³/mol. The molecule has 1 aliphatic rings. The Labute approximate surface area is 254 Å². The molecule has 1 aromatic heterocycles. The summed E-state index contributed by atoms with van der Waals surface area (Å²) in [5, 5.41) is 9.00. The third kappa shape index (κ3) is 8.52. The van der Waals surface area contributed by atoms with Crippen molar-refractivity contribution >= 4 is 28.5 Å². The van der Waals surface area contributed by atoms with Gasteiger partial charge < -0.3 is 25.3 Å². The Hall–Kier alpha value is -4.54. The molecule has 8 nitrogen and oxygen atoms in total. The van der Waals surface area contributed by atoms with Crippen molar-refractivity contribution in [1.82, 2.24) is 20.2 Å². The summed E-state index contributed by atoms with van der Waals surface area (Å²) in [5.41, 5.74) is 3.76. The highest BCUT2D eigenvalue weighted by atomic mass is 19.4. The number of halogens is 3. The summed E-state index contributed by atoms with van der Waals surface area (Å²) >= 11 is 0. The van der Waals surface area contributed by atoms with Gasteiger partial charge in [-0.15, -0.1) is 13.2 Å². The van der Waals surface area contributed by atoms with Crippen LogP contribution < -0.4 is 20.7 Å². The van der Waals surface area contributed by atoms with Gasteiger partial charge in [0.1, 0.15) is 11.8 Å². The Morgan fingerprint density at radius 3 is 2.43 bits per heavy atom. The van der Waals surface area contributed by atoms with E-state index in [4.69, 9.17) is 0 Å². The normalized spacial score (nSPS) is 14.6. The Morgan fingerprint density at radius 2 is 1.66 bits per heavy atom. The number of nitrogens with one attached hydrogen (secondary N) is 3. The zero-order chi connectivity index (χ0) is 30.9. The zero-order valence-corrected chi connectivity index (χ0v) is 24.3. The van der Waals surface area contributed by atoms with E-state index in [9.17, 15) is 22.8 Å². The van der Waals surface area contributed by atoms with Gasteiger partial charge in [-0.05, 0) is 60.4 Å². The van der Waals surface area contributed by atoms with Crippen LogP contribution in [-0.4, -0.2) is 46.9 Å². The highest BCUT2D eigenvalue weighted by molar-refractivity contribution is 5.98. The number of carbonyl (C=O) groups excluding carboxylic acids is 2. The van der Waals surface area contributed by atoms with E-state index >= 15 is 0 Å². The van der Waals surface area contributed by atoms with Crippen LogP contribution in [0.2, 0.25) is 0 Å². The number of fused-ring (bicyclic) bond motifs is 1. The number of nitrogens with zero attached hydrogens (tertiary/aromatic N) is 2. The molecule has 1 saturated carbocycles. The molecular weight excluding hydrogens is 571 g/mol. The van der Waals surface area contributed by atoms with Gasteiger partial charge in [-0.3, -0.25) is 9.59 Å². The smallest absolute Gasteiger partial charge is 0.406 e. The number of hydrogen-bond acceptors (Lipinski definition) is 5. The monoisotopic (exact) mass is 607 g/mol. The van der Waals surface area contributed by atoms with Crippen LogP contribution in [0.3, 0.4) is 0 Å². The van der Waals surface area contributed by atoms with Gasteiger partial charge in [0.15, 0.2) is 0 Å². The molecule has 232 valence electrons. The Morgan fingerprint density at radius 1 is 0.932 bits per heavy atom. The van der Waals surface area contributed by atoms with Crippen LogP contribution in [-0.2, 0) is 11.3 Å². The number of anilines is 1. The van der Waals surface area contributed by atoms with Gasteiger partial charge in [-0.2, -0.15) is 0 Å². The third-order valence-corrected chi connectivity index (χ3v) is 7.89. The number of aromatic nitrogens is 2. The molecule has 0 spiro atoms. The van der Waals surface area contributed by atoms with Crippen LogP contribution in [0.1, 0.15) is 54.4 Å². The lowest BCUT2D eigenvalue weighted by Gasteiger charge is -2.27. The van der Waals surface area contributed by atoms with Crippen molar-refractivity contribution in [2.45, 2.75) is 57.5 Å². The number of imidazole rings is 1. The number of alkyl halides is 3. The molecule has 1 aliphatic carbocycles. The van der Waals surface area contributed by atoms with E-state index in [-0.39, 0.29) is 24.1 Å². The van der Waals surface area contributed by atoms with E-state index in [0.717, 1.165) is 42.3 Å². The second-order valence-electron chi connectivity index (χ2n) is 11.1. The first-order valence-electron chi connectivity index (χ1n) is 14.9. The second kappa shape index (κ2) is 14.3. The van der Waals surface area contributed by atoms with Gasteiger partial charge in [-0.1, -0.05) is 62.4 Å². The van der Waals surface area contributed by atoms with Crippen LogP contribution in [0, 0.1) is 5.92 Å². The molecule has 4 aromatic rings. The third-order valence-electron chi connectivity index (χ3n) is 7.89. The first-order valence-corrected chi connectivity index (χ1v) is 14.9. The fourth-order valence-electron chi connectivity index (χ4n) is 5.71. The number of benzene rings is 3. The Balaban J connectivity index is 1.21. The van der Waals surface area contributed by atoms with Crippen LogP contribution in [0.5, 0.6) is 5.75 Å². The number of rotatable bonds is 12. The fourth-order valence-corrected chi connectivity index (χ4v) is 5.71. The molecule has 2 amide bonds. The highest BCUT2D eigenvalue weighted by Crippen LogP contribution is 2.28. The average molecular weight is 608 g/mol. The molecule has 0 saturated heterocycles. The van der Waals surface area contributed by atoms with E-state index in [2.05, 4.69) is 25.7 Å². The van der Waals surface area contributed by atoms with Crippen LogP contribution >= 0.6 is 0 Å². The predicted octanol–water partition coefficient (Wildman–Crippen LogP) is 6.28. The van der Waals surface area contributed by atoms with Crippen LogP contribution in [0.4, 0.5) is 18.9 Å². The molecule has 3 N–H and O–H groups in total. The minimum Gasteiger partial charge on any atom is -0.406 e. The summed E-state index contributed by atoms with van der Waals surface area (Å²) in [7, 11) is 0. The van der Waals surface area contributed by atoms with Gasteiger partial charge in [-0.25, -0.2) is 4.98 Å². The molecule has 0 bridgehead atoms. The van der Waals surface area contributed by atoms with Crippen LogP contribution in [0.25, 0.3) is 11.0 Å². The van der Waals surface area contributed by atoms with E-state index in [1.807, 2.05) is 47.0 Å². The largest absolute Gasteiger partial charge is 0.573 e. The molecule has 3 aromatic carbocycles. The van der Waals surface area contributed by atoms with E-state index < -0.39 is 12.4 Å². The van der Waals surface area contributed by atoms with E-state index in [1.54, 1.807) is 12.4 Å². The molecule has 1 heterocycles. The van der Waals surface area contributed by atoms with Gasteiger partial charge in [0.2, 0.25) is 5.91 Å². The summed E-state index contributed by atoms with van der Waals surface area (Å²) in [6.07, 6.45) is 3.04. The molecule has 1 fully saturated rings. The lowest BCUT2D eigenvalue weighted by molar-refractivity contribution is -0.274. The number of para-hydroxylation sites is 2.